The molecule has 4 rings (SSSR count). The zero-order valence-corrected chi connectivity index (χ0v) is 22.8. The molecule has 1 N–H and O–H groups in total. The molecule has 0 radical (unpaired) electrons. The summed E-state index contributed by atoms with van der Waals surface area (Å²) in [6, 6.07) is 22.8. The summed E-state index contributed by atoms with van der Waals surface area (Å²) < 4.78 is 1.89. The van der Waals surface area contributed by atoms with Crippen LogP contribution >= 0.6 is 35.0 Å². The Balaban J connectivity index is 1.44. The fourth-order valence-corrected chi connectivity index (χ4v) is 4.67. The van der Waals surface area contributed by atoms with Gasteiger partial charge < -0.3 is 4.90 Å². The number of hydrogen-bond acceptors (Lipinski definition) is 6. The van der Waals surface area contributed by atoms with Crippen molar-refractivity contribution in [2.24, 2.45) is 5.10 Å². The Hall–Kier alpha value is -3.33. The van der Waals surface area contributed by atoms with E-state index in [0.29, 0.717) is 21.0 Å². The van der Waals surface area contributed by atoms with E-state index in [1.807, 2.05) is 53.1 Å². The molecule has 10 heteroatoms. The van der Waals surface area contributed by atoms with E-state index < -0.39 is 0 Å². The molecule has 0 atom stereocenters. The predicted octanol–water partition coefficient (Wildman–Crippen LogP) is 6.33. The average Bonchev–Trinajstić information content (AvgIpc) is 3.34. The van der Waals surface area contributed by atoms with Gasteiger partial charge in [-0.05, 0) is 80.1 Å². The van der Waals surface area contributed by atoms with Gasteiger partial charge in [-0.25, -0.2) is 5.43 Å². The molecule has 37 heavy (non-hydrogen) atoms. The highest BCUT2D eigenvalue weighted by atomic mass is 35.5. The van der Waals surface area contributed by atoms with Crippen molar-refractivity contribution in [3.63, 3.8) is 0 Å². The number of benzene rings is 3. The third kappa shape index (κ3) is 6.91. The van der Waals surface area contributed by atoms with Crippen LogP contribution in [0.25, 0.3) is 17.1 Å². The smallest absolute Gasteiger partial charge is 0.250 e. The van der Waals surface area contributed by atoms with Gasteiger partial charge in [0.2, 0.25) is 0 Å². The number of nitrogens with one attached hydrogen (secondary N) is 1. The Bertz CT molecular complexity index is 1350. The summed E-state index contributed by atoms with van der Waals surface area (Å²) in [5.74, 6) is 0.498. The minimum Gasteiger partial charge on any atom is -0.372 e. The molecule has 0 aliphatic rings. The number of halogens is 2. The fraction of sp³-hybridized carbons (Fsp3) is 0.185. The Morgan fingerprint density at radius 3 is 2.19 bits per heavy atom. The molecule has 0 saturated heterocycles. The fourth-order valence-electron chi connectivity index (χ4n) is 3.67. The summed E-state index contributed by atoms with van der Waals surface area (Å²) in [7, 11) is 0. The first kappa shape index (κ1) is 26.7. The summed E-state index contributed by atoms with van der Waals surface area (Å²) in [5.41, 5.74) is 6.32. The number of aromatic nitrogens is 3. The highest BCUT2D eigenvalue weighted by Crippen LogP contribution is 2.29. The minimum atomic E-state index is -0.250. The van der Waals surface area contributed by atoms with E-state index in [2.05, 4.69) is 39.5 Å². The number of carbonyl (C=O) groups is 1. The normalized spacial score (nSPS) is 11.1. The lowest BCUT2D eigenvalue weighted by Crippen LogP contribution is -2.21. The highest BCUT2D eigenvalue weighted by molar-refractivity contribution is 7.99. The van der Waals surface area contributed by atoms with Crippen molar-refractivity contribution in [2.75, 3.05) is 23.7 Å². The van der Waals surface area contributed by atoms with E-state index in [1.54, 1.807) is 30.5 Å². The summed E-state index contributed by atoms with van der Waals surface area (Å²) in [5, 5.41) is 14.6. The third-order valence-electron chi connectivity index (χ3n) is 5.58. The van der Waals surface area contributed by atoms with Crippen LogP contribution in [-0.4, -0.2) is 45.7 Å². The Morgan fingerprint density at radius 1 is 0.946 bits per heavy atom. The van der Waals surface area contributed by atoms with E-state index in [1.165, 1.54) is 11.8 Å². The van der Waals surface area contributed by atoms with Gasteiger partial charge in [0.25, 0.3) is 5.91 Å². The van der Waals surface area contributed by atoms with Gasteiger partial charge >= 0.3 is 0 Å². The van der Waals surface area contributed by atoms with E-state index in [9.17, 15) is 4.79 Å². The van der Waals surface area contributed by atoms with Crippen LogP contribution in [0.15, 0.2) is 83.1 Å². The molecule has 1 aromatic heterocycles. The molecule has 4 aromatic rings. The lowest BCUT2D eigenvalue weighted by molar-refractivity contribution is -0.118. The van der Waals surface area contributed by atoms with E-state index in [0.717, 1.165) is 35.6 Å². The number of carbonyl (C=O) groups excluding carboxylic acids is 1. The molecule has 1 heterocycles. The molecule has 0 saturated carbocycles. The maximum atomic E-state index is 12.5. The lowest BCUT2D eigenvalue weighted by Gasteiger charge is -2.20. The standard InChI is InChI=1S/C27H26Cl2N6OS/c1-3-34(4-2)23-13-5-19(6-14-23)17-30-31-25(36)18-37-27-33-32-26(20-7-9-21(28)10-8-20)35(27)24-15-11-22(29)12-16-24/h5-17H,3-4,18H2,1-2H3,(H,31,36)/b30-17+. The van der Waals surface area contributed by atoms with E-state index in [4.69, 9.17) is 23.2 Å². The molecular formula is C27H26Cl2N6OS. The number of thioether (sulfide) groups is 1. The molecule has 0 bridgehead atoms. The largest absolute Gasteiger partial charge is 0.372 e. The maximum Gasteiger partial charge on any atom is 0.250 e. The molecule has 3 aromatic carbocycles. The average molecular weight is 554 g/mol. The number of anilines is 1. The lowest BCUT2D eigenvalue weighted by atomic mass is 10.2. The second-order valence-electron chi connectivity index (χ2n) is 7.97. The number of hydrogen-bond donors (Lipinski definition) is 1. The molecule has 0 fully saturated rings. The SMILES string of the molecule is CCN(CC)c1ccc(/C=N/NC(=O)CSc2nnc(-c3ccc(Cl)cc3)n2-c2ccc(Cl)cc2)cc1. The molecule has 190 valence electrons. The molecule has 1 amide bonds. The van der Waals surface area contributed by atoms with Crippen LogP contribution in [0.3, 0.4) is 0 Å². The summed E-state index contributed by atoms with van der Waals surface area (Å²) in [4.78, 5) is 14.8. The number of hydrazone groups is 1. The van der Waals surface area contributed by atoms with Crippen molar-refractivity contribution in [1.82, 2.24) is 20.2 Å². The topological polar surface area (TPSA) is 75.4 Å². The Labute approximate surface area is 230 Å². The van der Waals surface area contributed by atoms with Gasteiger partial charge in [-0.3, -0.25) is 9.36 Å². The van der Waals surface area contributed by atoms with Crippen LogP contribution in [0.1, 0.15) is 19.4 Å². The third-order valence-corrected chi connectivity index (χ3v) is 7.01. The van der Waals surface area contributed by atoms with Crippen LogP contribution in [0, 0.1) is 0 Å². The number of rotatable bonds is 10. The van der Waals surface area contributed by atoms with Crippen LogP contribution in [0.4, 0.5) is 5.69 Å². The summed E-state index contributed by atoms with van der Waals surface area (Å²) in [6.45, 7) is 6.15. The van der Waals surface area contributed by atoms with Gasteiger partial charge in [0, 0.05) is 40.1 Å². The Morgan fingerprint density at radius 2 is 1.57 bits per heavy atom. The molecule has 0 aliphatic heterocycles. The molecule has 0 unspecified atom stereocenters. The van der Waals surface area contributed by atoms with Gasteiger partial charge in [-0.2, -0.15) is 5.10 Å². The van der Waals surface area contributed by atoms with Gasteiger partial charge in [-0.1, -0.05) is 47.1 Å². The quantitative estimate of drug-likeness (QED) is 0.141. The first-order valence-corrected chi connectivity index (χ1v) is 13.5. The first-order valence-electron chi connectivity index (χ1n) is 11.8. The van der Waals surface area contributed by atoms with Crippen molar-refractivity contribution in [2.45, 2.75) is 19.0 Å². The van der Waals surface area contributed by atoms with E-state index >= 15 is 0 Å². The van der Waals surface area contributed by atoms with E-state index in [-0.39, 0.29) is 11.7 Å². The summed E-state index contributed by atoms with van der Waals surface area (Å²) >= 11 is 13.4. The van der Waals surface area contributed by atoms with Crippen LogP contribution in [0.2, 0.25) is 10.0 Å². The number of amides is 1. The summed E-state index contributed by atoms with van der Waals surface area (Å²) in [6.07, 6.45) is 1.63. The van der Waals surface area contributed by atoms with Crippen LogP contribution in [0.5, 0.6) is 0 Å². The maximum absolute atomic E-state index is 12.5. The van der Waals surface area contributed by atoms with Crippen molar-refractivity contribution in [3.05, 3.63) is 88.4 Å². The predicted molar refractivity (Wildman–Crippen MR) is 153 cm³/mol. The minimum absolute atomic E-state index is 0.116. The first-order chi connectivity index (χ1) is 18.0. The van der Waals surface area contributed by atoms with Gasteiger partial charge in [0.05, 0.1) is 12.0 Å². The van der Waals surface area contributed by atoms with Crippen LogP contribution < -0.4 is 10.3 Å². The molecule has 0 aliphatic carbocycles. The van der Waals surface area contributed by atoms with Crippen molar-refractivity contribution in [1.29, 1.82) is 0 Å². The molecule has 0 spiro atoms. The monoisotopic (exact) mass is 552 g/mol. The van der Waals surface area contributed by atoms with Crippen molar-refractivity contribution in [3.8, 4) is 17.1 Å². The van der Waals surface area contributed by atoms with Crippen molar-refractivity contribution < 1.29 is 4.79 Å². The van der Waals surface area contributed by atoms with Gasteiger partial charge in [0.1, 0.15) is 0 Å². The second kappa shape index (κ2) is 12.8. The molecular weight excluding hydrogens is 527 g/mol. The second-order valence-corrected chi connectivity index (χ2v) is 9.79. The van der Waals surface area contributed by atoms with Crippen molar-refractivity contribution >= 4 is 52.8 Å². The Kier molecular flexibility index (Phi) is 9.22. The highest BCUT2D eigenvalue weighted by Gasteiger charge is 2.17. The zero-order valence-electron chi connectivity index (χ0n) is 20.4. The van der Waals surface area contributed by atoms with Gasteiger partial charge in [0.15, 0.2) is 11.0 Å². The number of nitrogens with zero attached hydrogens (tertiary/aromatic N) is 5. The van der Waals surface area contributed by atoms with Crippen LogP contribution in [-0.2, 0) is 4.79 Å². The zero-order chi connectivity index (χ0) is 26.2. The molecule has 7 nitrogen and oxygen atoms in total. The van der Waals surface area contributed by atoms with Gasteiger partial charge in [-0.15, -0.1) is 10.2 Å².